The number of rotatable bonds is 7. The zero-order valence-electron chi connectivity index (χ0n) is 12.4. The van der Waals surface area contributed by atoms with Crippen LogP contribution in [-0.4, -0.2) is 37.9 Å². The Morgan fingerprint density at radius 1 is 1.38 bits per heavy atom. The van der Waals surface area contributed by atoms with Gasteiger partial charge >= 0.3 is 0 Å². The van der Waals surface area contributed by atoms with Crippen molar-refractivity contribution < 1.29 is 9.47 Å². The summed E-state index contributed by atoms with van der Waals surface area (Å²) in [4.78, 5) is 2.32. The summed E-state index contributed by atoms with van der Waals surface area (Å²) in [6, 6.07) is 5.72. The molecule has 21 heavy (non-hydrogen) atoms. The smallest absolute Gasteiger partial charge is 0.231 e. The fourth-order valence-corrected chi connectivity index (χ4v) is 2.87. The summed E-state index contributed by atoms with van der Waals surface area (Å²) >= 11 is 3.46. The van der Waals surface area contributed by atoms with Gasteiger partial charge in [-0.15, -0.1) is 0 Å². The fourth-order valence-electron chi connectivity index (χ4n) is 2.30. The number of nitriles is 1. The van der Waals surface area contributed by atoms with Crippen molar-refractivity contribution in [3.63, 3.8) is 0 Å². The molecular weight excluding hydrogens is 334 g/mol. The van der Waals surface area contributed by atoms with Gasteiger partial charge in [0.1, 0.15) is 6.04 Å². The van der Waals surface area contributed by atoms with Gasteiger partial charge in [-0.25, -0.2) is 0 Å². The summed E-state index contributed by atoms with van der Waals surface area (Å²) in [5.41, 5.74) is 0.883. The molecule has 1 N–H and O–H groups in total. The zero-order valence-corrected chi connectivity index (χ0v) is 13.9. The molecule has 0 amide bonds. The largest absolute Gasteiger partial charge is 0.454 e. The molecule has 2 rings (SSSR count). The first-order valence-corrected chi connectivity index (χ1v) is 7.93. The first-order valence-electron chi connectivity index (χ1n) is 7.14. The topological polar surface area (TPSA) is 57.5 Å². The minimum atomic E-state index is -0.355. The van der Waals surface area contributed by atoms with E-state index in [1.165, 1.54) is 0 Å². The van der Waals surface area contributed by atoms with E-state index >= 15 is 0 Å². The first-order chi connectivity index (χ1) is 10.2. The minimum Gasteiger partial charge on any atom is -0.454 e. The number of halogens is 1. The van der Waals surface area contributed by atoms with Crippen LogP contribution in [0, 0.1) is 11.3 Å². The second-order valence-corrected chi connectivity index (χ2v) is 5.63. The summed E-state index contributed by atoms with van der Waals surface area (Å²) in [7, 11) is 0. The molecule has 1 aliphatic heterocycles. The van der Waals surface area contributed by atoms with Gasteiger partial charge in [0.2, 0.25) is 6.79 Å². The van der Waals surface area contributed by atoms with Crippen LogP contribution < -0.4 is 14.8 Å². The average molecular weight is 354 g/mol. The Morgan fingerprint density at radius 3 is 2.81 bits per heavy atom. The molecule has 1 aromatic rings. The molecule has 0 saturated carbocycles. The van der Waals surface area contributed by atoms with Crippen LogP contribution >= 0.6 is 15.9 Å². The third-order valence-corrected chi connectivity index (χ3v) is 4.17. The van der Waals surface area contributed by atoms with E-state index in [1.54, 1.807) is 0 Å². The Balaban J connectivity index is 2.02. The third kappa shape index (κ3) is 3.88. The highest BCUT2D eigenvalue weighted by Gasteiger charge is 2.21. The van der Waals surface area contributed by atoms with E-state index in [9.17, 15) is 5.26 Å². The van der Waals surface area contributed by atoms with Crippen LogP contribution in [0.1, 0.15) is 25.5 Å². The Hall–Kier alpha value is -1.29. The Bertz CT molecular complexity index is 526. The van der Waals surface area contributed by atoms with E-state index in [-0.39, 0.29) is 12.8 Å². The molecular formula is C15H20BrN3O2. The van der Waals surface area contributed by atoms with Crippen molar-refractivity contribution in [2.45, 2.75) is 19.9 Å². The van der Waals surface area contributed by atoms with Gasteiger partial charge in [0.05, 0.1) is 10.5 Å². The number of nitrogens with one attached hydrogen (secondary N) is 1. The molecule has 1 aliphatic rings. The molecule has 0 spiro atoms. The number of hydrogen-bond acceptors (Lipinski definition) is 5. The van der Waals surface area contributed by atoms with Gasteiger partial charge in [-0.05, 0) is 46.7 Å². The third-order valence-electron chi connectivity index (χ3n) is 3.58. The lowest BCUT2D eigenvalue weighted by Crippen LogP contribution is -2.33. The number of hydrogen-bond donors (Lipinski definition) is 1. The molecule has 0 bridgehead atoms. The van der Waals surface area contributed by atoms with Crippen LogP contribution in [0.5, 0.6) is 11.5 Å². The zero-order chi connectivity index (χ0) is 15.2. The number of nitrogens with zero attached hydrogens (tertiary/aromatic N) is 2. The van der Waals surface area contributed by atoms with E-state index in [4.69, 9.17) is 9.47 Å². The van der Waals surface area contributed by atoms with E-state index in [0.717, 1.165) is 36.2 Å². The second kappa shape index (κ2) is 7.64. The molecule has 0 saturated heterocycles. The molecule has 1 atom stereocenters. The number of fused-ring (bicyclic) bond motifs is 1. The molecule has 0 aromatic heterocycles. The summed E-state index contributed by atoms with van der Waals surface area (Å²) < 4.78 is 11.6. The van der Waals surface area contributed by atoms with Crippen LogP contribution in [0.25, 0.3) is 0 Å². The van der Waals surface area contributed by atoms with Crippen molar-refractivity contribution in [2.24, 2.45) is 0 Å². The number of likely N-dealkylation sites (N-methyl/N-ethyl adjacent to an activating group) is 1. The predicted octanol–water partition coefficient (Wildman–Crippen LogP) is 2.67. The molecule has 5 nitrogen and oxygen atoms in total. The summed E-state index contributed by atoms with van der Waals surface area (Å²) in [5.74, 6) is 1.39. The van der Waals surface area contributed by atoms with Crippen LogP contribution in [-0.2, 0) is 0 Å². The summed E-state index contributed by atoms with van der Waals surface area (Å²) in [5, 5.41) is 12.7. The van der Waals surface area contributed by atoms with Crippen LogP contribution in [0.2, 0.25) is 0 Å². The molecule has 0 radical (unpaired) electrons. The number of ether oxygens (including phenoxy) is 2. The fraction of sp³-hybridized carbons (Fsp3) is 0.533. The van der Waals surface area contributed by atoms with Gasteiger partial charge in [0.25, 0.3) is 0 Å². The van der Waals surface area contributed by atoms with Crippen molar-refractivity contribution in [3.8, 4) is 17.6 Å². The molecule has 1 unspecified atom stereocenters. The van der Waals surface area contributed by atoms with Gasteiger partial charge in [-0.3, -0.25) is 5.32 Å². The van der Waals surface area contributed by atoms with E-state index in [1.807, 2.05) is 12.1 Å². The van der Waals surface area contributed by atoms with Crippen LogP contribution in [0.3, 0.4) is 0 Å². The highest BCUT2D eigenvalue weighted by molar-refractivity contribution is 9.10. The second-order valence-electron chi connectivity index (χ2n) is 4.78. The highest BCUT2D eigenvalue weighted by atomic mass is 79.9. The maximum atomic E-state index is 9.39. The van der Waals surface area contributed by atoms with Gasteiger partial charge in [0, 0.05) is 13.1 Å². The van der Waals surface area contributed by atoms with E-state index in [2.05, 4.69) is 46.1 Å². The average Bonchev–Trinajstić information content (AvgIpc) is 2.96. The lowest BCUT2D eigenvalue weighted by atomic mass is 10.1. The first kappa shape index (κ1) is 16.1. The quantitative estimate of drug-likeness (QED) is 0.816. The van der Waals surface area contributed by atoms with Gasteiger partial charge in [-0.1, -0.05) is 13.8 Å². The van der Waals surface area contributed by atoms with Crippen LogP contribution in [0.4, 0.5) is 0 Å². The maximum absolute atomic E-state index is 9.39. The predicted molar refractivity (Wildman–Crippen MR) is 84.4 cm³/mol. The lowest BCUT2D eigenvalue weighted by Gasteiger charge is -2.20. The Kier molecular flexibility index (Phi) is 5.85. The maximum Gasteiger partial charge on any atom is 0.231 e. The molecule has 0 aliphatic carbocycles. The van der Waals surface area contributed by atoms with Crippen molar-refractivity contribution in [1.29, 1.82) is 5.26 Å². The van der Waals surface area contributed by atoms with Crippen molar-refractivity contribution in [1.82, 2.24) is 10.2 Å². The molecule has 1 aromatic carbocycles. The van der Waals surface area contributed by atoms with Gasteiger partial charge in [0.15, 0.2) is 11.5 Å². The van der Waals surface area contributed by atoms with Crippen molar-refractivity contribution in [2.75, 3.05) is 33.0 Å². The molecule has 114 valence electrons. The van der Waals surface area contributed by atoms with Crippen LogP contribution in [0.15, 0.2) is 16.6 Å². The number of benzene rings is 1. The lowest BCUT2D eigenvalue weighted by molar-refractivity contribution is 0.173. The normalized spacial score (nSPS) is 14.2. The SMILES string of the molecule is CCN(CC)CCNC(C#N)c1cc(Br)c2c(c1)OCO2. The highest BCUT2D eigenvalue weighted by Crippen LogP contribution is 2.41. The van der Waals surface area contributed by atoms with Crippen molar-refractivity contribution >= 4 is 15.9 Å². The molecule has 6 heteroatoms. The molecule has 0 fully saturated rings. The standard InChI is InChI=1S/C15H20BrN3O2/c1-3-19(4-2)6-5-18-13(9-17)11-7-12(16)15-14(8-11)20-10-21-15/h7-8,13,18H,3-6,10H2,1-2H3. The Morgan fingerprint density at radius 2 is 2.14 bits per heavy atom. The van der Waals surface area contributed by atoms with Gasteiger partial charge < -0.3 is 14.4 Å². The van der Waals surface area contributed by atoms with Crippen molar-refractivity contribution in [3.05, 3.63) is 22.2 Å². The monoisotopic (exact) mass is 353 g/mol. The van der Waals surface area contributed by atoms with Gasteiger partial charge in [-0.2, -0.15) is 5.26 Å². The Labute approximate surface area is 134 Å². The minimum absolute atomic E-state index is 0.226. The van der Waals surface area contributed by atoms with E-state index in [0.29, 0.717) is 11.5 Å². The summed E-state index contributed by atoms with van der Waals surface area (Å²) in [6.45, 7) is 8.24. The summed E-state index contributed by atoms with van der Waals surface area (Å²) in [6.07, 6.45) is 0. The van der Waals surface area contributed by atoms with E-state index < -0.39 is 0 Å². The molecule has 1 heterocycles.